The van der Waals surface area contributed by atoms with E-state index in [1.807, 2.05) is 0 Å². The summed E-state index contributed by atoms with van der Waals surface area (Å²) in [6.45, 7) is 11.0. The van der Waals surface area contributed by atoms with Crippen molar-refractivity contribution in [3.8, 4) is 0 Å². The van der Waals surface area contributed by atoms with E-state index in [1.165, 1.54) is 42.6 Å². The van der Waals surface area contributed by atoms with E-state index >= 15 is 0 Å². The number of nitrogens with two attached hydrogens (primary N) is 1. The fourth-order valence-corrected chi connectivity index (χ4v) is 3.83. The van der Waals surface area contributed by atoms with Crippen LogP contribution in [0.2, 0.25) is 0 Å². The van der Waals surface area contributed by atoms with Crippen molar-refractivity contribution in [2.24, 2.45) is 0 Å². The van der Waals surface area contributed by atoms with Crippen LogP contribution in [0.3, 0.4) is 0 Å². The number of fused-ring (bicyclic) bond motifs is 1. The van der Waals surface area contributed by atoms with Crippen LogP contribution in [0.4, 0.5) is 17.1 Å². The molecule has 0 spiro atoms. The zero-order valence-electron chi connectivity index (χ0n) is 14.1. The Bertz CT molecular complexity index is 472. The van der Waals surface area contributed by atoms with Gasteiger partial charge < -0.3 is 16.0 Å². The molecule has 0 saturated heterocycles. The number of nitrogen functional groups attached to an aromatic ring is 1. The second kappa shape index (κ2) is 6.59. The van der Waals surface area contributed by atoms with Crippen LogP contribution in [0.5, 0.6) is 0 Å². The molecule has 21 heavy (non-hydrogen) atoms. The zero-order valence-corrected chi connectivity index (χ0v) is 14.1. The Labute approximate surface area is 129 Å². The number of anilines is 3. The lowest BCUT2D eigenvalue weighted by molar-refractivity contribution is 0.405. The van der Waals surface area contributed by atoms with Crippen LogP contribution in [0.15, 0.2) is 12.1 Å². The summed E-state index contributed by atoms with van der Waals surface area (Å²) in [7, 11) is 0. The van der Waals surface area contributed by atoms with E-state index in [2.05, 4.69) is 50.0 Å². The molecule has 1 aromatic rings. The first-order chi connectivity index (χ1) is 10.1. The van der Waals surface area contributed by atoms with E-state index in [9.17, 15) is 0 Å². The molecule has 118 valence electrons. The van der Waals surface area contributed by atoms with Crippen LogP contribution >= 0.6 is 0 Å². The molecule has 3 N–H and O–H groups in total. The lowest BCUT2D eigenvalue weighted by atomic mass is 9.86. The third kappa shape index (κ3) is 3.12. The summed E-state index contributed by atoms with van der Waals surface area (Å²) < 4.78 is 0. The molecule has 3 nitrogen and oxygen atoms in total. The number of benzene rings is 1. The molecule has 1 aliphatic heterocycles. The van der Waals surface area contributed by atoms with Crippen molar-refractivity contribution in [2.75, 3.05) is 29.0 Å². The summed E-state index contributed by atoms with van der Waals surface area (Å²) in [6.07, 6.45) is 5.97. The summed E-state index contributed by atoms with van der Waals surface area (Å²) in [5.74, 6) is 0. The normalized spacial score (nSPS) is 15.6. The first-order valence-corrected chi connectivity index (χ1v) is 8.54. The SMILES string of the molecule is CCCC1(CCC)Cc2cc(N(CC)CC)cc(N)c2N1. The van der Waals surface area contributed by atoms with Crippen molar-refractivity contribution in [3.05, 3.63) is 17.7 Å². The predicted molar refractivity (Wildman–Crippen MR) is 94.3 cm³/mol. The number of nitrogens with zero attached hydrogens (tertiary/aromatic N) is 1. The van der Waals surface area contributed by atoms with Crippen LogP contribution in [0.1, 0.15) is 58.9 Å². The summed E-state index contributed by atoms with van der Waals surface area (Å²) in [4.78, 5) is 2.37. The molecule has 0 amide bonds. The lowest BCUT2D eigenvalue weighted by Gasteiger charge is -2.29. The van der Waals surface area contributed by atoms with E-state index in [0.717, 1.165) is 25.2 Å². The van der Waals surface area contributed by atoms with Gasteiger partial charge in [0.25, 0.3) is 0 Å². The molecule has 0 atom stereocenters. The van der Waals surface area contributed by atoms with E-state index in [4.69, 9.17) is 5.73 Å². The van der Waals surface area contributed by atoms with E-state index in [1.54, 1.807) is 0 Å². The van der Waals surface area contributed by atoms with Crippen molar-refractivity contribution in [1.29, 1.82) is 0 Å². The van der Waals surface area contributed by atoms with Crippen LogP contribution in [-0.4, -0.2) is 18.6 Å². The van der Waals surface area contributed by atoms with Crippen molar-refractivity contribution < 1.29 is 0 Å². The fraction of sp³-hybridized carbons (Fsp3) is 0.667. The Morgan fingerprint density at radius 2 is 1.71 bits per heavy atom. The fourth-order valence-electron chi connectivity index (χ4n) is 3.83. The Balaban J connectivity index is 2.33. The molecule has 1 aromatic carbocycles. The average Bonchev–Trinajstić information content (AvgIpc) is 2.80. The monoisotopic (exact) mass is 289 g/mol. The molecule has 0 unspecified atom stereocenters. The average molecular weight is 289 g/mol. The summed E-state index contributed by atoms with van der Waals surface area (Å²) in [5.41, 5.74) is 11.3. The topological polar surface area (TPSA) is 41.3 Å². The highest BCUT2D eigenvalue weighted by Gasteiger charge is 2.36. The second-order valence-corrected chi connectivity index (χ2v) is 6.32. The third-order valence-corrected chi connectivity index (χ3v) is 4.74. The van der Waals surface area contributed by atoms with Crippen LogP contribution < -0.4 is 16.0 Å². The molecule has 1 aliphatic rings. The molecule has 2 rings (SSSR count). The first-order valence-electron chi connectivity index (χ1n) is 8.54. The van der Waals surface area contributed by atoms with E-state index < -0.39 is 0 Å². The first kappa shape index (κ1) is 16.0. The number of hydrogen-bond acceptors (Lipinski definition) is 3. The van der Waals surface area contributed by atoms with Gasteiger partial charge in [-0.05, 0) is 50.8 Å². The molecule has 0 bridgehead atoms. The standard InChI is InChI=1S/C18H31N3/c1-5-9-18(10-6-2)13-14-11-15(21(7-3)8-4)12-16(19)17(14)20-18/h11-12,20H,5-10,13,19H2,1-4H3. The van der Waals surface area contributed by atoms with Crippen molar-refractivity contribution in [2.45, 2.75) is 65.3 Å². The molecule has 0 radical (unpaired) electrons. The maximum atomic E-state index is 6.34. The highest BCUT2D eigenvalue weighted by atomic mass is 15.1. The van der Waals surface area contributed by atoms with E-state index in [-0.39, 0.29) is 5.54 Å². The van der Waals surface area contributed by atoms with Gasteiger partial charge >= 0.3 is 0 Å². The Morgan fingerprint density at radius 3 is 2.24 bits per heavy atom. The molecule has 1 heterocycles. The molecule has 0 aliphatic carbocycles. The van der Waals surface area contributed by atoms with Crippen LogP contribution in [0, 0.1) is 0 Å². The van der Waals surface area contributed by atoms with Crippen LogP contribution in [0.25, 0.3) is 0 Å². The minimum absolute atomic E-state index is 0.224. The van der Waals surface area contributed by atoms with Gasteiger partial charge in [-0.3, -0.25) is 0 Å². The molecule has 0 aromatic heterocycles. The van der Waals surface area contributed by atoms with Gasteiger partial charge in [0, 0.05) is 24.3 Å². The highest BCUT2D eigenvalue weighted by molar-refractivity contribution is 5.79. The molecular weight excluding hydrogens is 258 g/mol. The largest absolute Gasteiger partial charge is 0.397 e. The molecule has 0 saturated carbocycles. The van der Waals surface area contributed by atoms with Gasteiger partial charge in [0.15, 0.2) is 0 Å². The van der Waals surface area contributed by atoms with E-state index in [0.29, 0.717) is 0 Å². The van der Waals surface area contributed by atoms with Crippen molar-refractivity contribution in [1.82, 2.24) is 0 Å². The van der Waals surface area contributed by atoms with Gasteiger partial charge in [0.2, 0.25) is 0 Å². The quantitative estimate of drug-likeness (QED) is 0.730. The van der Waals surface area contributed by atoms with Crippen LogP contribution in [-0.2, 0) is 6.42 Å². The Hall–Kier alpha value is -1.38. The summed E-state index contributed by atoms with van der Waals surface area (Å²) in [5, 5.41) is 3.78. The van der Waals surface area contributed by atoms with Gasteiger partial charge in [0.1, 0.15) is 0 Å². The summed E-state index contributed by atoms with van der Waals surface area (Å²) >= 11 is 0. The minimum atomic E-state index is 0.224. The third-order valence-electron chi connectivity index (χ3n) is 4.74. The maximum absolute atomic E-state index is 6.34. The number of rotatable bonds is 7. The molecule has 0 fully saturated rings. The molecular formula is C18H31N3. The number of hydrogen-bond donors (Lipinski definition) is 2. The number of nitrogens with one attached hydrogen (secondary N) is 1. The van der Waals surface area contributed by atoms with Crippen molar-refractivity contribution in [3.63, 3.8) is 0 Å². The van der Waals surface area contributed by atoms with Gasteiger partial charge in [-0.15, -0.1) is 0 Å². The highest BCUT2D eigenvalue weighted by Crippen LogP contribution is 2.43. The Morgan fingerprint density at radius 1 is 1.10 bits per heavy atom. The second-order valence-electron chi connectivity index (χ2n) is 6.32. The lowest BCUT2D eigenvalue weighted by Crippen LogP contribution is -2.35. The predicted octanol–water partition coefficient (Wildman–Crippen LogP) is 4.42. The summed E-state index contributed by atoms with van der Waals surface area (Å²) in [6, 6.07) is 4.48. The Kier molecular flexibility index (Phi) is 5.02. The minimum Gasteiger partial charge on any atom is -0.397 e. The molecule has 3 heteroatoms. The van der Waals surface area contributed by atoms with Crippen molar-refractivity contribution >= 4 is 17.1 Å². The smallest absolute Gasteiger partial charge is 0.0613 e. The maximum Gasteiger partial charge on any atom is 0.0613 e. The van der Waals surface area contributed by atoms with Gasteiger partial charge in [-0.1, -0.05) is 26.7 Å². The zero-order chi connectivity index (χ0) is 15.5. The van der Waals surface area contributed by atoms with Gasteiger partial charge in [-0.25, -0.2) is 0 Å². The van der Waals surface area contributed by atoms with Gasteiger partial charge in [0.05, 0.1) is 11.4 Å². The van der Waals surface area contributed by atoms with Gasteiger partial charge in [-0.2, -0.15) is 0 Å².